The maximum atomic E-state index is 14.0. The Kier molecular flexibility index (Phi) is 5.02. The monoisotopic (exact) mass is 242 g/mol. The van der Waals surface area contributed by atoms with Crippen LogP contribution in [0, 0.1) is 18.6 Å². The molecule has 0 heterocycles. The second-order valence-corrected chi connectivity index (χ2v) is 4.46. The lowest BCUT2D eigenvalue weighted by atomic mass is 10.0. The van der Waals surface area contributed by atoms with Crippen LogP contribution in [0.5, 0.6) is 0 Å². The quantitative estimate of drug-likeness (QED) is 0.853. The molecule has 0 spiro atoms. The summed E-state index contributed by atoms with van der Waals surface area (Å²) in [6.07, 6.45) is 0. The summed E-state index contributed by atoms with van der Waals surface area (Å²) in [5.41, 5.74) is 0.614. The van der Waals surface area contributed by atoms with Crippen molar-refractivity contribution < 1.29 is 8.78 Å². The van der Waals surface area contributed by atoms with Crippen LogP contribution in [-0.4, -0.2) is 32.1 Å². The normalized spacial score (nSPS) is 13.1. The van der Waals surface area contributed by atoms with Crippen LogP contribution in [0.3, 0.4) is 0 Å². The van der Waals surface area contributed by atoms with Gasteiger partial charge >= 0.3 is 0 Å². The number of hydrogen-bond donors (Lipinski definition) is 1. The van der Waals surface area contributed by atoms with Crippen molar-refractivity contribution in [2.75, 3.05) is 27.2 Å². The summed E-state index contributed by atoms with van der Waals surface area (Å²) in [7, 11) is 3.77. The van der Waals surface area contributed by atoms with E-state index < -0.39 is 11.6 Å². The van der Waals surface area contributed by atoms with Gasteiger partial charge in [-0.1, -0.05) is 13.0 Å². The van der Waals surface area contributed by atoms with Crippen LogP contribution >= 0.6 is 0 Å². The molecule has 0 radical (unpaired) electrons. The van der Waals surface area contributed by atoms with Crippen molar-refractivity contribution in [2.45, 2.75) is 19.9 Å². The van der Waals surface area contributed by atoms with Crippen LogP contribution in [-0.2, 0) is 0 Å². The molecule has 0 bridgehead atoms. The molecule has 17 heavy (non-hydrogen) atoms. The molecular weight excluding hydrogens is 222 g/mol. The first-order chi connectivity index (χ1) is 7.97. The average Bonchev–Trinajstić information content (AvgIpc) is 2.23. The molecule has 96 valence electrons. The molecule has 0 aliphatic rings. The van der Waals surface area contributed by atoms with Gasteiger partial charge in [0.15, 0.2) is 0 Å². The largest absolute Gasteiger partial charge is 0.309 e. The molecule has 0 fully saturated rings. The second kappa shape index (κ2) is 6.07. The van der Waals surface area contributed by atoms with E-state index in [0.717, 1.165) is 0 Å². The van der Waals surface area contributed by atoms with Gasteiger partial charge < -0.3 is 10.2 Å². The zero-order valence-corrected chi connectivity index (χ0v) is 10.8. The topological polar surface area (TPSA) is 15.3 Å². The van der Waals surface area contributed by atoms with Gasteiger partial charge in [0.1, 0.15) is 11.6 Å². The standard InChI is InChI=1S/C13H20F2N2/c1-5-16-11(8-17(3)4)12-10(14)7-6-9(2)13(12)15/h6-7,11,16H,5,8H2,1-4H3. The molecule has 0 amide bonds. The number of rotatable bonds is 5. The molecule has 1 unspecified atom stereocenters. The zero-order valence-electron chi connectivity index (χ0n) is 10.8. The summed E-state index contributed by atoms with van der Waals surface area (Å²) in [5, 5.41) is 3.12. The Morgan fingerprint density at radius 2 is 1.94 bits per heavy atom. The van der Waals surface area contributed by atoms with Gasteiger partial charge in [-0.2, -0.15) is 0 Å². The SMILES string of the molecule is CCNC(CN(C)C)c1c(F)ccc(C)c1F. The van der Waals surface area contributed by atoms with Gasteiger partial charge in [-0.25, -0.2) is 8.78 Å². The summed E-state index contributed by atoms with van der Waals surface area (Å²) < 4.78 is 27.7. The lowest BCUT2D eigenvalue weighted by Gasteiger charge is -2.23. The minimum atomic E-state index is -0.485. The fraction of sp³-hybridized carbons (Fsp3) is 0.538. The van der Waals surface area contributed by atoms with Gasteiger partial charge in [0.05, 0.1) is 6.04 Å². The first kappa shape index (κ1) is 14.1. The van der Waals surface area contributed by atoms with Gasteiger partial charge in [-0.3, -0.25) is 0 Å². The second-order valence-electron chi connectivity index (χ2n) is 4.46. The van der Waals surface area contributed by atoms with Gasteiger partial charge in [0.2, 0.25) is 0 Å². The molecule has 4 heteroatoms. The van der Waals surface area contributed by atoms with E-state index in [2.05, 4.69) is 5.32 Å². The fourth-order valence-electron chi connectivity index (χ4n) is 1.87. The van der Waals surface area contributed by atoms with E-state index in [9.17, 15) is 8.78 Å². The molecule has 0 aliphatic carbocycles. The number of halogens is 2. The summed E-state index contributed by atoms with van der Waals surface area (Å²) >= 11 is 0. The number of likely N-dealkylation sites (N-methyl/N-ethyl adjacent to an activating group) is 2. The molecule has 0 saturated heterocycles. The number of nitrogens with one attached hydrogen (secondary N) is 1. The molecule has 2 nitrogen and oxygen atoms in total. The molecule has 1 atom stereocenters. The first-order valence-electron chi connectivity index (χ1n) is 5.80. The fourth-order valence-corrected chi connectivity index (χ4v) is 1.87. The molecule has 1 aromatic carbocycles. The van der Waals surface area contributed by atoms with E-state index in [-0.39, 0.29) is 11.6 Å². The predicted octanol–water partition coefficient (Wildman–Crippen LogP) is 2.49. The van der Waals surface area contributed by atoms with Crippen LogP contribution in [0.1, 0.15) is 24.1 Å². The van der Waals surface area contributed by atoms with Crippen molar-refractivity contribution in [3.05, 3.63) is 34.9 Å². The van der Waals surface area contributed by atoms with E-state index in [1.807, 2.05) is 25.9 Å². The Labute approximate surface area is 102 Å². The molecule has 0 saturated carbocycles. The number of hydrogen-bond acceptors (Lipinski definition) is 2. The van der Waals surface area contributed by atoms with Gasteiger partial charge in [0, 0.05) is 12.1 Å². The van der Waals surface area contributed by atoms with E-state index in [1.54, 1.807) is 6.92 Å². The Morgan fingerprint density at radius 3 is 2.47 bits per heavy atom. The zero-order chi connectivity index (χ0) is 13.0. The maximum Gasteiger partial charge on any atom is 0.133 e. The Bertz CT molecular complexity index is 378. The summed E-state index contributed by atoms with van der Waals surface area (Å²) in [6, 6.07) is 2.47. The van der Waals surface area contributed by atoms with E-state index in [4.69, 9.17) is 0 Å². The van der Waals surface area contributed by atoms with Crippen molar-refractivity contribution >= 4 is 0 Å². The molecule has 0 aliphatic heterocycles. The van der Waals surface area contributed by atoms with E-state index >= 15 is 0 Å². The molecule has 1 aromatic rings. The highest BCUT2D eigenvalue weighted by atomic mass is 19.1. The lowest BCUT2D eigenvalue weighted by Crippen LogP contribution is -2.32. The van der Waals surface area contributed by atoms with Crippen molar-refractivity contribution in [1.29, 1.82) is 0 Å². The maximum absolute atomic E-state index is 14.0. The Balaban J connectivity index is 3.12. The van der Waals surface area contributed by atoms with Crippen molar-refractivity contribution in [1.82, 2.24) is 10.2 Å². The van der Waals surface area contributed by atoms with Crippen LogP contribution < -0.4 is 5.32 Å². The third-order valence-electron chi connectivity index (χ3n) is 2.67. The first-order valence-corrected chi connectivity index (χ1v) is 5.80. The number of nitrogens with zero attached hydrogens (tertiary/aromatic N) is 1. The lowest BCUT2D eigenvalue weighted by molar-refractivity contribution is 0.332. The highest BCUT2D eigenvalue weighted by molar-refractivity contribution is 5.29. The van der Waals surface area contributed by atoms with Crippen LogP contribution in [0.25, 0.3) is 0 Å². The third-order valence-corrected chi connectivity index (χ3v) is 2.67. The van der Waals surface area contributed by atoms with Gasteiger partial charge in [0.25, 0.3) is 0 Å². The van der Waals surface area contributed by atoms with E-state index in [1.165, 1.54) is 12.1 Å². The highest BCUT2D eigenvalue weighted by Crippen LogP contribution is 2.23. The third kappa shape index (κ3) is 3.48. The number of aryl methyl sites for hydroxylation is 1. The summed E-state index contributed by atoms with van der Waals surface area (Å²) in [4.78, 5) is 1.91. The minimum Gasteiger partial charge on any atom is -0.309 e. The van der Waals surface area contributed by atoms with Crippen molar-refractivity contribution in [3.8, 4) is 0 Å². The smallest absolute Gasteiger partial charge is 0.133 e. The van der Waals surface area contributed by atoms with Gasteiger partial charge in [-0.15, -0.1) is 0 Å². The van der Waals surface area contributed by atoms with Crippen molar-refractivity contribution in [3.63, 3.8) is 0 Å². The molecule has 1 rings (SSSR count). The predicted molar refractivity (Wildman–Crippen MR) is 66.1 cm³/mol. The summed E-state index contributed by atoms with van der Waals surface area (Å²) in [6.45, 7) is 4.81. The van der Waals surface area contributed by atoms with Crippen molar-refractivity contribution in [2.24, 2.45) is 0 Å². The minimum absolute atomic E-state index is 0.139. The average molecular weight is 242 g/mol. The molecule has 1 N–H and O–H groups in total. The van der Waals surface area contributed by atoms with Crippen LogP contribution in [0.15, 0.2) is 12.1 Å². The Morgan fingerprint density at radius 1 is 1.29 bits per heavy atom. The van der Waals surface area contributed by atoms with Crippen LogP contribution in [0.4, 0.5) is 8.78 Å². The van der Waals surface area contributed by atoms with Crippen LogP contribution in [0.2, 0.25) is 0 Å². The van der Waals surface area contributed by atoms with E-state index in [0.29, 0.717) is 18.7 Å². The number of benzene rings is 1. The molecular formula is C13H20F2N2. The Hall–Kier alpha value is -1.00. The van der Waals surface area contributed by atoms with Gasteiger partial charge in [-0.05, 0) is 39.2 Å². The molecule has 0 aromatic heterocycles. The summed E-state index contributed by atoms with van der Waals surface area (Å²) in [5.74, 6) is -0.932. The highest BCUT2D eigenvalue weighted by Gasteiger charge is 2.21.